The Morgan fingerprint density at radius 2 is 2.19 bits per heavy atom. The molecule has 2 N–H and O–H groups in total. The van der Waals surface area contributed by atoms with E-state index in [1.165, 1.54) is 25.7 Å². The van der Waals surface area contributed by atoms with Crippen molar-refractivity contribution < 1.29 is 4.79 Å². The lowest BCUT2D eigenvalue weighted by Gasteiger charge is -2.03. The zero-order valence-electron chi connectivity index (χ0n) is 12.1. The Morgan fingerprint density at radius 1 is 1.38 bits per heavy atom. The summed E-state index contributed by atoms with van der Waals surface area (Å²) in [6.45, 7) is 1.86. The second-order valence-corrected chi connectivity index (χ2v) is 5.57. The third-order valence-electron chi connectivity index (χ3n) is 3.81. The molecule has 110 valence electrons. The third kappa shape index (κ3) is 3.45. The van der Waals surface area contributed by atoms with Gasteiger partial charge in [0.15, 0.2) is 5.82 Å². The fourth-order valence-corrected chi connectivity index (χ4v) is 2.80. The number of aromatic amines is 1. The van der Waals surface area contributed by atoms with Crippen molar-refractivity contribution in [2.24, 2.45) is 0 Å². The van der Waals surface area contributed by atoms with Crippen molar-refractivity contribution in [1.82, 2.24) is 20.2 Å². The number of aryl methyl sites for hydroxylation is 1. The van der Waals surface area contributed by atoms with Crippen LogP contribution in [0.4, 0.5) is 5.82 Å². The number of nitrogens with one attached hydrogen (secondary N) is 2. The SMILES string of the molecule is Cc1cncc(CC(=O)Nc2cc(C3CCCC3)[nH]n2)n1. The van der Waals surface area contributed by atoms with E-state index < -0.39 is 0 Å². The van der Waals surface area contributed by atoms with Crippen LogP contribution < -0.4 is 5.32 Å². The first-order valence-corrected chi connectivity index (χ1v) is 7.33. The molecule has 0 bridgehead atoms. The second-order valence-electron chi connectivity index (χ2n) is 5.57. The van der Waals surface area contributed by atoms with Gasteiger partial charge in [-0.05, 0) is 19.8 Å². The van der Waals surface area contributed by atoms with Gasteiger partial charge in [0.2, 0.25) is 5.91 Å². The summed E-state index contributed by atoms with van der Waals surface area (Å²) in [4.78, 5) is 20.3. The highest BCUT2D eigenvalue weighted by Gasteiger charge is 2.19. The van der Waals surface area contributed by atoms with Gasteiger partial charge in [0.25, 0.3) is 0 Å². The van der Waals surface area contributed by atoms with Crippen LogP contribution >= 0.6 is 0 Å². The molecular weight excluding hydrogens is 266 g/mol. The van der Waals surface area contributed by atoms with Crippen LogP contribution in [0.3, 0.4) is 0 Å². The molecule has 1 saturated carbocycles. The molecule has 1 aliphatic rings. The monoisotopic (exact) mass is 285 g/mol. The molecule has 6 heteroatoms. The summed E-state index contributed by atoms with van der Waals surface area (Å²) in [6, 6.07) is 1.94. The Labute approximate surface area is 123 Å². The largest absolute Gasteiger partial charge is 0.309 e. The maximum absolute atomic E-state index is 12.0. The number of amides is 1. The minimum Gasteiger partial charge on any atom is -0.309 e. The smallest absolute Gasteiger partial charge is 0.231 e. The van der Waals surface area contributed by atoms with Gasteiger partial charge in [0.05, 0.1) is 17.8 Å². The summed E-state index contributed by atoms with van der Waals surface area (Å²) in [5.74, 6) is 1.02. The quantitative estimate of drug-likeness (QED) is 0.903. The molecule has 0 aliphatic heterocycles. The van der Waals surface area contributed by atoms with E-state index >= 15 is 0 Å². The molecule has 0 radical (unpaired) electrons. The van der Waals surface area contributed by atoms with Gasteiger partial charge in [-0.15, -0.1) is 0 Å². The topological polar surface area (TPSA) is 83.6 Å². The molecule has 2 aromatic rings. The van der Waals surface area contributed by atoms with E-state index in [-0.39, 0.29) is 12.3 Å². The zero-order chi connectivity index (χ0) is 14.7. The minimum absolute atomic E-state index is 0.126. The Balaban J connectivity index is 1.59. The van der Waals surface area contributed by atoms with Crippen molar-refractivity contribution in [3.05, 3.63) is 35.5 Å². The first-order chi connectivity index (χ1) is 10.2. The highest BCUT2D eigenvalue weighted by atomic mass is 16.1. The van der Waals surface area contributed by atoms with Gasteiger partial charge in [0.1, 0.15) is 0 Å². The van der Waals surface area contributed by atoms with Gasteiger partial charge in [-0.3, -0.25) is 19.9 Å². The van der Waals surface area contributed by atoms with Gasteiger partial charge >= 0.3 is 0 Å². The van der Waals surface area contributed by atoms with E-state index in [0.29, 0.717) is 17.4 Å². The first-order valence-electron chi connectivity index (χ1n) is 7.33. The number of aromatic nitrogens is 4. The van der Waals surface area contributed by atoms with E-state index in [0.717, 1.165) is 11.4 Å². The zero-order valence-corrected chi connectivity index (χ0v) is 12.1. The van der Waals surface area contributed by atoms with Crippen LogP contribution in [0.5, 0.6) is 0 Å². The molecule has 2 heterocycles. The molecule has 3 rings (SSSR count). The van der Waals surface area contributed by atoms with E-state index in [9.17, 15) is 4.79 Å². The standard InChI is InChI=1S/C15H19N5O/c1-10-8-16-9-12(17-10)6-15(21)18-14-7-13(19-20-14)11-4-2-3-5-11/h7-9,11H,2-6H2,1H3,(H2,18,19,20,21). The van der Waals surface area contributed by atoms with Gasteiger partial charge in [-0.25, -0.2) is 0 Å². The maximum Gasteiger partial charge on any atom is 0.231 e. The summed E-state index contributed by atoms with van der Waals surface area (Å²) in [5, 5.41) is 10.0. The van der Waals surface area contributed by atoms with E-state index in [1.807, 2.05) is 13.0 Å². The minimum atomic E-state index is -0.126. The van der Waals surface area contributed by atoms with Crippen LogP contribution in [-0.2, 0) is 11.2 Å². The van der Waals surface area contributed by atoms with E-state index in [4.69, 9.17) is 0 Å². The number of anilines is 1. The fourth-order valence-electron chi connectivity index (χ4n) is 2.80. The summed E-state index contributed by atoms with van der Waals surface area (Å²) in [7, 11) is 0. The average Bonchev–Trinajstić information content (AvgIpc) is 3.08. The Kier molecular flexibility index (Phi) is 3.94. The highest BCUT2D eigenvalue weighted by Crippen LogP contribution is 2.33. The van der Waals surface area contributed by atoms with Crippen molar-refractivity contribution in [2.75, 3.05) is 5.32 Å². The molecule has 21 heavy (non-hydrogen) atoms. The molecule has 0 aromatic carbocycles. The summed E-state index contributed by atoms with van der Waals surface area (Å²) < 4.78 is 0. The molecule has 0 unspecified atom stereocenters. The molecule has 0 atom stereocenters. The Bertz CT molecular complexity index is 630. The molecule has 6 nitrogen and oxygen atoms in total. The highest BCUT2D eigenvalue weighted by molar-refractivity contribution is 5.91. The lowest BCUT2D eigenvalue weighted by molar-refractivity contribution is -0.115. The molecule has 0 saturated heterocycles. The van der Waals surface area contributed by atoms with Crippen LogP contribution in [0, 0.1) is 6.92 Å². The maximum atomic E-state index is 12.0. The number of carbonyl (C=O) groups is 1. The third-order valence-corrected chi connectivity index (χ3v) is 3.81. The van der Waals surface area contributed by atoms with Crippen molar-refractivity contribution in [1.29, 1.82) is 0 Å². The van der Waals surface area contributed by atoms with E-state index in [2.05, 4.69) is 25.5 Å². The molecule has 1 fully saturated rings. The van der Waals surface area contributed by atoms with Crippen LogP contribution in [0.1, 0.15) is 48.7 Å². The number of rotatable bonds is 4. The van der Waals surface area contributed by atoms with Crippen molar-refractivity contribution in [3.63, 3.8) is 0 Å². The lowest BCUT2D eigenvalue weighted by Crippen LogP contribution is -2.15. The molecule has 1 amide bonds. The van der Waals surface area contributed by atoms with E-state index in [1.54, 1.807) is 12.4 Å². The van der Waals surface area contributed by atoms with Gasteiger partial charge in [-0.2, -0.15) is 5.10 Å². The average molecular weight is 285 g/mol. The Morgan fingerprint density at radius 3 is 2.95 bits per heavy atom. The van der Waals surface area contributed by atoms with Gasteiger partial charge in [0, 0.05) is 30.1 Å². The number of H-pyrrole nitrogens is 1. The fraction of sp³-hybridized carbons (Fsp3) is 0.467. The lowest BCUT2D eigenvalue weighted by atomic mass is 10.0. The van der Waals surface area contributed by atoms with Crippen LogP contribution in [0.15, 0.2) is 18.5 Å². The summed E-state index contributed by atoms with van der Waals surface area (Å²) >= 11 is 0. The van der Waals surface area contributed by atoms with Crippen LogP contribution in [0.25, 0.3) is 0 Å². The number of nitrogens with zero attached hydrogens (tertiary/aromatic N) is 3. The van der Waals surface area contributed by atoms with Gasteiger partial charge in [-0.1, -0.05) is 12.8 Å². The predicted octanol–water partition coefficient (Wildman–Crippen LogP) is 2.35. The predicted molar refractivity (Wildman–Crippen MR) is 78.9 cm³/mol. The first kappa shape index (κ1) is 13.7. The summed E-state index contributed by atoms with van der Waals surface area (Å²) in [6.07, 6.45) is 8.45. The molecular formula is C15H19N5O. The van der Waals surface area contributed by atoms with Crippen LogP contribution in [0.2, 0.25) is 0 Å². The van der Waals surface area contributed by atoms with Crippen molar-refractivity contribution in [3.8, 4) is 0 Å². The molecule has 2 aromatic heterocycles. The van der Waals surface area contributed by atoms with Crippen LogP contribution in [-0.4, -0.2) is 26.1 Å². The summed E-state index contributed by atoms with van der Waals surface area (Å²) in [5.41, 5.74) is 2.60. The number of hydrogen-bond donors (Lipinski definition) is 2. The second kappa shape index (κ2) is 6.03. The van der Waals surface area contributed by atoms with Crippen molar-refractivity contribution >= 4 is 11.7 Å². The Hall–Kier alpha value is -2.24. The molecule has 0 spiro atoms. The van der Waals surface area contributed by atoms with Crippen molar-refractivity contribution in [2.45, 2.75) is 44.9 Å². The van der Waals surface area contributed by atoms with Gasteiger partial charge < -0.3 is 5.32 Å². The number of carbonyl (C=O) groups excluding carboxylic acids is 1. The molecule has 1 aliphatic carbocycles. The number of hydrogen-bond acceptors (Lipinski definition) is 4. The normalized spacial score (nSPS) is 15.3.